The van der Waals surface area contributed by atoms with Crippen LogP contribution in [0.5, 0.6) is 5.75 Å². The van der Waals surface area contributed by atoms with Crippen LogP contribution in [0.15, 0.2) is 30.5 Å². The summed E-state index contributed by atoms with van der Waals surface area (Å²) >= 11 is 5.91. The maximum Gasteiger partial charge on any atom is 0.258 e. The second-order valence-electron chi connectivity index (χ2n) is 11.3. The quantitative estimate of drug-likeness (QED) is 0.204. The maximum absolute atomic E-state index is 14.7. The molecule has 1 aliphatic rings. The van der Waals surface area contributed by atoms with E-state index in [1.165, 1.54) is 4.90 Å². The van der Waals surface area contributed by atoms with Gasteiger partial charge in [-0.2, -0.15) is 0 Å². The highest BCUT2D eigenvalue weighted by atomic mass is 35.5. The summed E-state index contributed by atoms with van der Waals surface area (Å²) in [5, 5.41) is 0.229. The predicted octanol–water partition coefficient (Wildman–Crippen LogP) is 7.25. The zero-order chi connectivity index (χ0) is 29.7. The molecule has 0 saturated carbocycles. The topological polar surface area (TPSA) is 88.6 Å². The van der Waals surface area contributed by atoms with Gasteiger partial charge >= 0.3 is 0 Å². The molecular formula is C28H34ClF2N3O4SSi. The molecule has 0 bridgehead atoms. The minimum absolute atomic E-state index is 0.0265. The summed E-state index contributed by atoms with van der Waals surface area (Å²) in [5.74, 6) is -1.89. The third-order valence-electron chi connectivity index (χ3n) is 7.70. The van der Waals surface area contributed by atoms with Crippen molar-refractivity contribution in [1.82, 2.24) is 9.88 Å². The first-order chi connectivity index (χ1) is 18.6. The van der Waals surface area contributed by atoms with Gasteiger partial charge in [0.25, 0.3) is 14.2 Å². The first kappa shape index (κ1) is 30.2. The van der Waals surface area contributed by atoms with Crippen LogP contribution in [0.3, 0.4) is 0 Å². The largest absolute Gasteiger partial charge is 0.541 e. The number of hydrogen-bond donors (Lipinski definition) is 1. The lowest BCUT2D eigenvalue weighted by Gasteiger charge is -2.42. The molecule has 0 spiro atoms. The molecule has 0 atom stereocenters. The molecule has 0 unspecified atom stereocenters. The molecule has 0 saturated heterocycles. The minimum Gasteiger partial charge on any atom is -0.541 e. The first-order valence-corrected chi connectivity index (χ1v) is 17.5. The van der Waals surface area contributed by atoms with Crippen LogP contribution < -0.4 is 9.15 Å². The zero-order valence-electron chi connectivity index (χ0n) is 23.6. The number of sulfonamides is 1. The number of amides is 1. The Morgan fingerprint density at radius 3 is 2.30 bits per heavy atom. The Morgan fingerprint density at radius 2 is 1.73 bits per heavy atom. The Kier molecular flexibility index (Phi) is 8.23. The number of anilines is 1. The zero-order valence-corrected chi connectivity index (χ0v) is 26.2. The van der Waals surface area contributed by atoms with Gasteiger partial charge in [0.2, 0.25) is 10.0 Å². The third-order valence-corrected chi connectivity index (χ3v) is 14.5. The van der Waals surface area contributed by atoms with Gasteiger partial charge in [0.1, 0.15) is 22.9 Å². The number of pyridine rings is 1. The van der Waals surface area contributed by atoms with Crippen molar-refractivity contribution in [3.63, 3.8) is 0 Å². The highest BCUT2D eigenvalue weighted by molar-refractivity contribution is 7.92. The summed E-state index contributed by atoms with van der Waals surface area (Å²) in [6, 6.07) is 5.26. The van der Waals surface area contributed by atoms with E-state index in [1.54, 1.807) is 18.3 Å². The van der Waals surface area contributed by atoms with Crippen molar-refractivity contribution in [2.24, 2.45) is 0 Å². The van der Waals surface area contributed by atoms with Crippen molar-refractivity contribution in [3.8, 4) is 5.75 Å². The predicted molar refractivity (Wildman–Crippen MR) is 157 cm³/mol. The summed E-state index contributed by atoms with van der Waals surface area (Å²) in [5.41, 5.74) is 1.79. The smallest absolute Gasteiger partial charge is 0.258 e. The Hall–Kier alpha value is -2.76. The van der Waals surface area contributed by atoms with Crippen LogP contribution in [-0.4, -0.2) is 38.8 Å². The molecule has 1 aliphatic heterocycles. The molecule has 1 N–H and O–H groups in total. The van der Waals surface area contributed by atoms with Gasteiger partial charge in [0.15, 0.2) is 0 Å². The Balaban J connectivity index is 1.98. The van der Waals surface area contributed by atoms with Crippen molar-refractivity contribution in [1.29, 1.82) is 0 Å². The molecule has 12 heteroatoms. The fourth-order valence-electron chi connectivity index (χ4n) is 6.09. The molecule has 0 fully saturated rings. The number of carbonyl (C=O) groups excluding carboxylic acids is 1. The first-order valence-electron chi connectivity index (χ1n) is 13.1. The minimum atomic E-state index is -3.75. The second kappa shape index (κ2) is 10.9. The molecule has 216 valence electrons. The van der Waals surface area contributed by atoms with E-state index >= 15 is 0 Å². The van der Waals surface area contributed by atoms with Crippen molar-refractivity contribution < 1.29 is 26.4 Å². The van der Waals surface area contributed by atoms with Crippen LogP contribution in [-0.2, 0) is 23.1 Å². The maximum atomic E-state index is 14.7. The van der Waals surface area contributed by atoms with Gasteiger partial charge in [0.05, 0.1) is 22.5 Å². The summed E-state index contributed by atoms with van der Waals surface area (Å²) in [7, 11) is -6.36. The normalized spacial score (nSPS) is 14.1. The Morgan fingerprint density at radius 1 is 1.10 bits per heavy atom. The van der Waals surface area contributed by atoms with Crippen LogP contribution in [0.25, 0.3) is 10.9 Å². The van der Waals surface area contributed by atoms with E-state index in [0.717, 1.165) is 12.3 Å². The molecule has 3 aromatic rings. The number of nitrogens with zero attached hydrogens (tertiary/aromatic N) is 2. The molecule has 0 radical (unpaired) electrons. The standard InChI is InChI=1S/C28H34ClF2N3O4SSi/c1-15(2)40(16(3)4,17(5)6)38-27-24-20(25(33-39(7,36)37)19-9-8-10-32-26(19)27)14-34(28(24)35)13-18-11-21(29)23(31)12-22(18)30/h8-12,15-17,33H,13-14H2,1-7H3. The summed E-state index contributed by atoms with van der Waals surface area (Å²) in [6.45, 7) is 12.5. The molecule has 1 aromatic heterocycles. The van der Waals surface area contributed by atoms with Crippen LogP contribution in [0.1, 0.15) is 63.0 Å². The van der Waals surface area contributed by atoms with E-state index in [-0.39, 0.29) is 51.5 Å². The number of carbonyl (C=O) groups is 1. The average Bonchev–Trinajstić information content (AvgIpc) is 3.16. The van der Waals surface area contributed by atoms with Crippen LogP contribution in [0.2, 0.25) is 21.6 Å². The van der Waals surface area contributed by atoms with Crippen molar-refractivity contribution >= 4 is 52.4 Å². The fraction of sp³-hybridized carbons (Fsp3) is 0.429. The van der Waals surface area contributed by atoms with E-state index in [1.807, 2.05) is 0 Å². The molecule has 2 heterocycles. The van der Waals surface area contributed by atoms with Gasteiger partial charge < -0.3 is 9.33 Å². The summed E-state index contributed by atoms with van der Waals surface area (Å²) < 4.78 is 63.0. The van der Waals surface area contributed by atoms with Crippen molar-refractivity contribution in [2.45, 2.75) is 71.3 Å². The van der Waals surface area contributed by atoms with Gasteiger partial charge in [-0.25, -0.2) is 17.2 Å². The average molecular weight is 610 g/mol. The molecule has 2 aromatic carbocycles. The molecule has 7 nitrogen and oxygen atoms in total. The SMILES string of the molecule is CC(C)[Si](Oc1c2c(c(NS(C)(=O)=O)c3cccnc13)CN(Cc1cc(Cl)c(F)cc1F)C2=O)(C(C)C)C(C)C. The van der Waals surface area contributed by atoms with Crippen molar-refractivity contribution in [3.05, 3.63) is 63.8 Å². The monoisotopic (exact) mass is 609 g/mol. The molecule has 40 heavy (non-hydrogen) atoms. The van der Waals surface area contributed by atoms with E-state index < -0.39 is 35.9 Å². The van der Waals surface area contributed by atoms with E-state index in [4.69, 9.17) is 16.0 Å². The molecule has 1 amide bonds. The van der Waals surface area contributed by atoms with E-state index in [9.17, 15) is 22.0 Å². The number of aromatic nitrogens is 1. The van der Waals surface area contributed by atoms with E-state index in [2.05, 4.69) is 51.2 Å². The molecule has 0 aliphatic carbocycles. The lowest BCUT2D eigenvalue weighted by molar-refractivity contribution is 0.0763. The number of benzene rings is 2. The summed E-state index contributed by atoms with van der Waals surface area (Å²) in [4.78, 5) is 20.0. The number of fused-ring (bicyclic) bond motifs is 2. The number of nitrogens with one attached hydrogen (secondary N) is 1. The lowest BCUT2D eigenvalue weighted by Crippen LogP contribution is -2.51. The van der Waals surface area contributed by atoms with Gasteiger partial charge in [-0.1, -0.05) is 53.1 Å². The van der Waals surface area contributed by atoms with Gasteiger partial charge in [0, 0.05) is 41.9 Å². The summed E-state index contributed by atoms with van der Waals surface area (Å²) in [6.07, 6.45) is 2.60. The van der Waals surface area contributed by atoms with Crippen LogP contribution in [0, 0.1) is 11.6 Å². The highest BCUT2D eigenvalue weighted by Crippen LogP contribution is 2.49. The molecule has 4 rings (SSSR count). The van der Waals surface area contributed by atoms with Gasteiger partial charge in [-0.15, -0.1) is 0 Å². The number of rotatable bonds is 9. The van der Waals surface area contributed by atoms with E-state index in [0.29, 0.717) is 28.3 Å². The van der Waals surface area contributed by atoms with Gasteiger partial charge in [-0.3, -0.25) is 14.5 Å². The second-order valence-corrected chi connectivity index (χ2v) is 18.8. The van der Waals surface area contributed by atoms with Crippen molar-refractivity contribution in [2.75, 3.05) is 11.0 Å². The Labute approximate surface area is 240 Å². The van der Waals surface area contributed by atoms with Crippen LogP contribution in [0.4, 0.5) is 14.5 Å². The Bertz CT molecular complexity index is 1580. The lowest BCUT2D eigenvalue weighted by atomic mass is 10.0. The fourth-order valence-corrected chi connectivity index (χ4v) is 12.1. The highest BCUT2D eigenvalue weighted by Gasteiger charge is 2.49. The van der Waals surface area contributed by atoms with Crippen LogP contribution >= 0.6 is 11.6 Å². The third kappa shape index (κ3) is 5.31. The molecular weight excluding hydrogens is 576 g/mol. The number of halogens is 3. The number of hydrogen-bond acceptors (Lipinski definition) is 5. The van der Waals surface area contributed by atoms with Gasteiger partial charge in [-0.05, 0) is 34.8 Å².